The van der Waals surface area contributed by atoms with E-state index in [1.165, 1.54) is 17.2 Å². The fraction of sp³-hybridized carbons (Fsp3) is 0.439. The molecule has 0 aliphatic heterocycles. The SMILES string of the molecule is C=C(CCN(C)CCC)CC1CCC=C(c2ccc(Nc3cc(C(=C)C(CCOC)c4ccccc4)c(C(F)(F)F)cn3)cc2OC)CC1. The van der Waals surface area contributed by atoms with Crippen molar-refractivity contribution in [3.63, 3.8) is 0 Å². The average Bonchev–Trinajstić information content (AvgIpc) is 3.32. The molecule has 1 aromatic heterocycles. The third-order valence-corrected chi connectivity index (χ3v) is 9.43. The molecule has 2 atom stereocenters. The average molecular weight is 676 g/mol. The van der Waals surface area contributed by atoms with Crippen LogP contribution in [0, 0.1) is 5.92 Å². The predicted molar refractivity (Wildman–Crippen MR) is 196 cm³/mol. The Balaban J connectivity index is 1.50. The largest absolute Gasteiger partial charge is 0.496 e. The van der Waals surface area contributed by atoms with Gasteiger partial charge in [-0.25, -0.2) is 4.98 Å². The Morgan fingerprint density at radius 1 is 1.06 bits per heavy atom. The van der Waals surface area contributed by atoms with Crippen molar-refractivity contribution in [2.45, 2.75) is 70.4 Å². The molecule has 1 N–H and O–H groups in total. The minimum atomic E-state index is -4.60. The van der Waals surface area contributed by atoms with Crippen LogP contribution in [-0.4, -0.2) is 50.8 Å². The highest BCUT2D eigenvalue weighted by molar-refractivity contribution is 5.77. The molecule has 0 fully saturated rings. The van der Waals surface area contributed by atoms with Gasteiger partial charge in [-0.3, -0.25) is 0 Å². The van der Waals surface area contributed by atoms with Gasteiger partial charge in [0.15, 0.2) is 0 Å². The monoisotopic (exact) mass is 675 g/mol. The number of alkyl halides is 3. The van der Waals surface area contributed by atoms with E-state index in [1.54, 1.807) is 14.2 Å². The zero-order valence-corrected chi connectivity index (χ0v) is 29.5. The van der Waals surface area contributed by atoms with Crippen molar-refractivity contribution >= 4 is 22.7 Å². The second-order valence-electron chi connectivity index (χ2n) is 13.1. The van der Waals surface area contributed by atoms with E-state index in [0.29, 0.717) is 36.0 Å². The molecule has 1 aliphatic carbocycles. The standard InChI is InChI=1S/C41H52F3N3O2/c1-7-22-47(4)23-20-29(2)25-31-12-11-15-33(17-16-31)36-19-18-34(26-39(36)49-6)46-40-27-37(38(28-45-40)41(42,43)44)30(3)35(21-24-48-5)32-13-9-8-10-14-32/h8-10,13-15,18-19,26-28,31,35H,2-3,7,11-12,16-17,20-25H2,1,4-6H3,(H,45,46). The van der Waals surface area contributed by atoms with Crippen molar-refractivity contribution in [2.75, 3.05) is 46.3 Å². The predicted octanol–water partition coefficient (Wildman–Crippen LogP) is 10.9. The van der Waals surface area contributed by atoms with E-state index in [2.05, 4.69) is 48.4 Å². The fourth-order valence-corrected chi connectivity index (χ4v) is 6.75. The van der Waals surface area contributed by atoms with E-state index in [0.717, 1.165) is 75.4 Å². The van der Waals surface area contributed by atoms with Crippen molar-refractivity contribution < 1.29 is 22.6 Å². The molecule has 1 aliphatic rings. The van der Waals surface area contributed by atoms with Crippen LogP contribution in [0.2, 0.25) is 0 Å². The molecule has 2 aromatic carbocycles. The molecule has 0 saturated carbocycles. The first-order valence-electron chi connectivity index (χ1n) is 17.3. The summed E-state index contributed by atoms with van der Waals surface area (Å²) in [6, 6.07) is 16.7. The Labute approximate surface area is 290 Å². The number of pyridine rings is 1. The molecular weight excluding hydrogens is 623 g/mol. The summed E-state index contributed by atoms with van der Waals surface area (Å²) in [5.41, 5.74) is 4.72. The van der Waals surface area contributed by atoms with Crippen LogP contribution in [0.15, 0.2) is 85.6 Å². The maximum atomic E-state index is 14.3. The molecule has 0 spiro atoms. The fourth-order valence-electron chi connectivity index (χ4n) is 6.75. The molecule has 1 heterocycles. The third kappa shape index (κ3) is 10.8. The quantitative estimate of drug-likeness (QED) is 0.144. The van der Waals surface area contributed by atoms with Gasteiger partial charge in [0.2, 0.25) is 0 Å². The van der Waals surface area contributed by atoms with Gasteiger partial charge in [0.25, 0.3) is 0 Å². The molecule has 264 valence electrons. The van der Waals surface area contributed by atoms with Gasteiger partial charge in [0.1, 0.15) is 11.6 Å². The number of benzene rings is 2. The number of nitrogens with zero attached hydrogens (tertiary/aromatic N) is 2. The summed E-state index contributed by atoms with van der Waals surface area (Å²) in [4.78, 5) is 6.54. The normalized spacial score (nSPS) is 15.8. The summed E-state index contributed by atoms with van der Waals surface area (Å²) in [5, 5.41) is 3.22. The maximum absolute atomic E-state index is 14.3. The van der Waals surface area contributed by atoms with Gasteiger partial charge in [-0.05, 0) is 111 Å². The molecule has 3 aromatic rings. The lowest BCUT2D eigenvalue weighted by Gasteiger charge is -2.23. The van der Waals surface area contributed by atoms with Gasteiger partial charge in [0, 0.05) is 49.7 Å². The summed E-state index contributed by atoms with van der Waals surface area (Å²) in [6.45, 7) is 13.3. The zero-order chi connectivity index (χ0) is 35.4. The van der Waals surface area contributed by atoms with Crippen LogP contribution in [0.3, 0.4) is 0 Å². The first-order chi connectivity index (χ1) is 23.5. The van der Waals surface area contributed by atoms with Crippen LogP contribution in [0.4, 0.5) is 24.7 Å². The summed E-state index contributed by atoms with van der Waals surface area (Å²) < 4.78 is 53.9. The lowest BCUT2D eigenvalue weighted by molar-refractivity contribution is -0.138. The summed E-state index contributed by atoms with van der Waals surface area (Å²) in [5.74, 6) is 1.23. The van der Waals surface area contributed by atoms with Gasteiger partial charge in [-0.15, -0.1) is 0 Å². The second-order valence-corrected chi connectivity index (χ2v) is 13.1. The van der Waals surface area contributed by atoms with Gasteiger partial charge >= 0.3 is 6.18 Å². The Morgan fingerprint density at radius 3 is 2.53 bits per heavy atom. The highest BCUT2D eigenvalue weighted by atomic mass is 19.4. The Morgan fingerprint density at radius 2 is 1.84 bits per heavy atom. The van der Waals surface area contributed by atoms with Crippen LogP contribution < -0.4 is 10.1 Å². The van der Waals surface area contributed by atoms with E-state index in [9.17, 15) is 13.2 Å². The number of methoxy groups -OCH3 is 2. The van der Waals surface area contributed by atoms with Gasteiger partial charge in [-0.2, -0.15) is 13.2 Å². The number of aromatic nitrogens is 1. The van der Waals surface area contributed by atoms with E-state index in [1.807, 2.05) is 48.5 Å². The third-order valence-electron chi connectivity index (χ3n) is 9.43. The number of rotatable bonds is 17. The second kappa shape index (κ2) is 18.2. The smallest absolute Gasteiger partial charge is 0.418 e. The molecule has 4 rings (SSSR count). The summed E-state index contributed by atoms with van der Waals surface area (Å²) in [7, 11) is 5.40. The van der Waals surface area contributed by atoms with Gasteiger partial charge in [0.05, 0.1) is 12.7 Å². The minimum absolute atomic E-state index is 0.00682. The van der Waals surface area contributed by atoms with Crippen molar-refractivity contribution in [3.8, 4) is 5.75 Å². The lowest BCUT2D eigenvalue weighted by atomic mass is 9.84. The van der Waals surface area contributed by atoms with E-state index < -0.39 is 11.7 Å². The van der Waals surface area contributed by atoms with Gasteiger partial charge in [-0.1, -0.05) is 62.1 Å². The number of ether oxygens (including phenoxy) is 2. The minimum Gasteiger partial charge on any atom is -0.496 e. The molecular formula is C41H52F3N3O2. The molecule has 8 heteroatoms. The van der Waals surface area contributed by atoms with E-state index >= 15 is 0 Å². The molecule has 0 radical (unpaired) electrons. The number of hydrogen-bond donors (Lipinski definition) is 1. The van der Waals surface area contributed by atoms with Crippen molar-refractivity contribution in [2.24, 2.45) is 5.92 Å². The highest BCUT2D eigenvalue weighted by Gasteiger charge is 2.36. The number of allylic oxidation sites excluding steroid dienone is 3. The van der Waals surface area contributed by atoms with Crippen LogP contribution >= 0.6 is 0 Å². The molecule has 0 saturated heterocycles. The number of halogens is 3. The van der Waals surface area contributed by atoms with Crippen LogP contribution in [0.1, 0.15) is 86.5 Å². The molecule has 49 heavy (non-hydrogen) atoms. The first-order valence-corrected chi connectivity index (χ1v) is 17.3. The summed E-state index contributed by atoms with van der Waals surface area (Å²) >= 11 is 0. The van der Waals surface area contributed by atoms with Crippen molar-refractivity contribution in [1.29, 1.82) is 0 Å². The zero-order valence-electron chi connectivity index (χ0n) is 29.5. The number of nitrogens with one attached hydrogen (secondary N) is 1. The summed E-state index contributed by atoms with van der Waals surface area (Å²) in [6.07, 6.45) is 6.56. The molecule has 0 bridgehead atoms. The van der Waals surface area contributed by atoms with Gasteiger partial charge < -0.3 is 19.7 Å². The Hall–Kier alpha value is -3.88. The Bertz CT molecular complexity index is 1570. The topological polar surface area (TPSA) is 46.6 Å². The van der Waals surface area contributed by atoms with E-state index in [-0.39, 0.29) is 17.3 Å². The van der Waals surface area contributed by atoms with Crippen LogP contribution in [0.5, 0.6) is 5.75 Å². The lowest BCUT2D eigenvalue weighted by Crippen LogP contribution is -2.20. The van der Waals surface area contributed by atoms with Crippen LogP contribution in [0.25, 0.3) is 11.1 Å². The number of anilines is 2. The van der Waals surface area contributed by atoms with Crippen molar-refractivity contribution in [1.82, 2.24) is 9.88 Å². The highest BCUT2D eigenvalue weighted by Crippen LogP contribution is 2.42. The van der Waals surface area contributed by atoms with Crippen molar-refractivity contribution in [3.05, 3.63) is 108 Å². The maximum Gasteiger partial charge on any atom is 0.418 e. The van der Waals surface area contributed by atoms with E-state index in [4.69, 9.17) is 9.47 Å². The Kier molecular flexibility index (Phi) is 14.1. The first kappa shape index (κ1) is 37.9. The molecule has 2 unspecified atom stereocenters. The molecule has 0 amide bonds. The molecule has 5 nitrogen and oxygen atoms in total. The number of hydrogen-bond acceptors (Lipinski definition) is 5. The van der Waals surface area contributed by atoms with Crippen LogP contribution in [-0.2, 0) is 10.9 Å².